The predicted octanol–water partition coefficient (Wildman–Crippen LogP) is 4.06. The number of anilines is 2. The van der Waals surface area contributed by atoms with Gasteiger partial charge in [0, 0.05) is 34.4 Å². The molecule has 0 N–H and O–H groups in total. The third-order valence-electron chi connectivity index (χ3n) is 6.54. The van der Waals surface area contributed by atoms with E-state index in [-0.39, 0.29) is 17.6 Å². The number of ether oxygens (including phenoxy) is 1. The fourth-order valence-corrected chi connectivity index (χ4v) is 5.26. The molecule has 36 heavy (non-hydrogen) atoms. The quantitative estimate of drug-likeness (QED) is 0.316. The first-order valence-electron chi connectivity index (χ1n) is 12.2. The van der Waals surface area contributed by atoms with Gasteiger partial charge in [-0.1, -0.05) is 13.3 Å². The molecule has 10 heteroatoms. The number of Topliss-reactive ketones (excluding diaryl/α,β-unsaturated/α-hetero) is 1. The van der Waals surface area contributed by atoms with Crippen LogP contribution in [0.15, 0.2) is 36.4 Å². The molecular formula is C26H32N5O4S-. The van der Waals surface area contributed by atoms with Gasteiger partial charge in [0.05, 0.1) is 30.6 Å². The Morgan fingerprint density at radius 3 is 2.42 bits per heavy atom. The van der Waals surface area contributed by atoms with Gasteiger partial charge in [0.2, 0.25) is 0 Å². The minimum atomic E-state index is -2.61. The number of piperidine rings is 1. The molecule has 3 aromatic rings. The molecule has 1 aliphatic heterocycles. The van der Waals surface area contributed by atoms with Crippen molar-refractivity contribution in [2.24, 2.45) is 0 Å². The number of nitrogens with zero attached hydrogens (tertiary/aromatic N) is 5. The molecule has 1 aliphatic rings. The lowest BCUT2D eigenvalue weighted by atomic mass is 10.1. The summed E-state index contributed by atoms with van der Waals surface area (Å²) in [4.78, 5) is 23.8. The van der Waals surface area contributed by atoms with Crippen LogP contribution in [-0.2, 0) is 17.7 Å². The lowest BCUT2D eigenvalue weighted by Crippen LogP contribution is -2.34. The Bertz CT molecular complexity index is 1230. The molecule has 3 heterocycles. The second-order valence-electron chi connectivity index (χ2n) is 8.97. The summed E-state index contributed by atoms with van der Waals surface area (Å²) in [6.07, 6.45) is 4.13. The van der Waals surface area contributed by atoms with Crippen LogP contribution in [0.5, 0.6) is 6.01 Å². The summed E-state index contributed by atoms with van der Waals surface area (Å²) in [6.45, 7) is 8.23. The van der Waals surface area contributed by atoms with Crippen LogP contribution in [0.1, 0.15) is 53.6 Å². The van der Waals surface area contributed by atoms with Gasteiger partial charge in [-0.25, -0.2) is 4.98 Å². The number of hydrogen-bond acceptors (Lipinski definition) is 7. The van der Waals surface area contributed by atoms with Crippen LogP contribution < -0.4 is 9.04 Å². The zero-order chi connectivity index (χ0) is 25.8. The van der Waals surface area contributed by atoms with Crippen molar-refractivity contribution in [2.45, 2.75) is 46.5 Å². The molecule has 0 saturated carbocycles. The number of aryl methyl sites for hydroxylation is 2. The SMILES string of the molecule is CCc1cc(N(c2ccc(-n3c(C)cc(C(=O)CN4CCCCC4)c3C)cc2)S(=O)[O-])nc(OC)n1. The van der Waals surface area contributed by atoms with E-state index in [0.29, 0.717) is 24.3 Å². The highest BCUT2D eigenvalue weighted by molar-refractivity contribution is 7.81. The van der Waals surface area contributed by atoms with Crippen molar-refractivity contribution in [2.75, 3.05) is 31.0 Å². The summed E-state index contributed by atoms with van der Waals surface area (Å²) in [5.41, 5.74) is 4.49. The van der Waals surface area contributed by atoms with E-state index in [1.54, 1.807) is 18.2 Å². The molecule has 2 aromatic heterocycles. The normalized spacial score (nSPS) is 15.0. The molecule has 0 radical (unpaired) electrons. The maximum absolute atomic E-state index is 13.1. The highest BCUT2D eigenvalue weighted by Gasteiger charge is 2.21. The number of methoxy groups -OCH3 is 1. The Balaban J connectivity index is 1.62. The van der Waals surface area contributed by atoms with Crippen LogP contribution in [0.3, 0.4) is 0 Å². The number of likely N-dealkylation sites (tertiary alicyclic amines) is 1. The van der Waals surface area contributed by atoms with E-state index in [9.17, 15) is 13.6 Å². The number of benzene rings is 1. The molecular weight excluding hydrogens is 478 g/mol. The van der Waals surface area contributed by atoms with E-state index in [2.05, 4.69) is 14.9 Å². The van der Waals surface area contributed by atoms with Gasteiger partial charge in [-0.15, -0.1) is 0 Å². The van der Waals surface area contributed by atoms with Crippen LogP contribution >= 0.6 is 0 Å². The fraction of sp³-hybridized carbons (Fsp3) is 0.423. The van der Waals surface area contributed by atoms with Gasteiger partial charge in [-0.3, -0.25) is 18.2 Å². The first-order chi connectivity index (χ1) is 17.3. The number of carbonyl (C=O) groups excluding carboxylic acids is 1. The zero-order valence-corrected chi connectivity index (χ0v) is 22.0. The van der Waals surface area contributed by atoms with Crippen molar-refractivity contribution in [1.29, 1.82) is 0 Å². The molecule has 0 spiro atoms. The number of carbonyl (C=O) groups is 1. The van der Waals surface area contributed by atoms with Gasteiger partial charge in [-0.2, -0.15) is 4.98 Å². The van der Waals surface area contributed by atoms with Crippen molar-refractivity contribution in [3.63, 3.8) is 0 Å². The highest BCUT2D eigenvalue weighted by atomic mass is 32.2. The van der Waals surface area contributed by atoms with Crippen LogP contribution in [0.2, 0.25) is 0 Å². The van der Waals surface area contributed by atoms with Gasteiger partial charge >= 0.3 is 6.01 Å². The van der Waals surface area contributed by atoms with E-state index < -0.39 is 11.3 Å². The third-order valence-corrected chi connectivity index (χ3v) is 7.23. The molecule has 1 aromatic carbocycles. The monoisotopic (exact) mass is 510 g/mol. The van der Waals surface area contributed by atoms with Crippen molar-refractivity contribution in [3.05, 3.63) is 59.0 Å². The maximum Gasteiger partial charge on any atom is 0.318 e. The zero-order valence-electron chi connectivity index (χ0n) is 21.2. The Kier molecular flexibility index (Phi) is 8.17. The van der Waals surface area contributed by atoms with E-state index in [1.807, 2.05) is 43.5 Å². The summed E-state index contributed by atoms with van der Waals surface area (Å²) < 4.78 is 32.6. The summed E-state index contributed by atoms with van der Waals surface area (Å²) in [5.74, 6) is 0.337. The van der Waals surface area contributed by atoms with E-state index >= 15 is 0 Å². The Hall–Kier alpha value is -3.08. The van der Waals surface area contributed by atoms with Gasteiger partial charge < -0.3 is 13.9 Å². The number of rotatable bonds is 9. The third kappa shape index (κ3) is 5.50. The average Bonchev–Trinajstić information content (AvgIpc) is 3.18. The average molecular weight is 511 g/mol. The molecule has 192 valence electrons. The Labute approximate surface area is 214 Å². The minimum Gasteiger partial charge on any atom is -0.755 e. The van der Waals surface area contributed by atoms with Gasteiger partial charge in [0.1, 0.15) is 0 Å². The van der Waals surface area contributed by atoms with Crippen LogP contribution in [0.4, 0.5) is 11.5 Å². The number of aromatic nitrogens is 3. The van der Waals surface area contributed by atoms with Crippen LogP contribution in [-0.4, -0.2) is 60.7 Å². The van der Waals surface area contributed by atoms with Crippen molar-refractivity contribution < 1.29 is 18.3 Å². The van der Waals surface area contributed by atoms with E-state index in [1.165, 1.54) is 13.5 Å². The van der Waals surface area contributed by atoms with E-state index in [4.69, 9.17) is 4.74 Å². The minimum absolute atomic E-state index is 0.108. The highest BCUT2D eigenvalue weighted by Crippen LogP contribution is 2.29. The maximum atomic E-state index is 13.1. The summed E-state index contributed by atoms with van der Waals surface area (Å²) in [7, 11) is 1.44. The van der Waals surface area contributed by atoms with Crippen LogP contribution in [0.25, 0.3) is 5.69 Å². The van der Waals surface area contributed by atoms with Crippen molar-refractivity contribution in [3.8, 4) is 11.7 Å². The predicted molar refractivity (Wildman–Crippen MR) is 139 cm³/mol. The molecule has 1 unspecified atom stereocenters. The number of ketones is 1. The van der Waals surface area contributed by atoms with Crippen molar-refractivity contribution in [1.82, 2.24) is 19.4 Å². The Morgan fingerprint density at radius 2 is 1.81 bits per heavy atom. The largest absolute Gasteiger partial charge is 0.755 e. The van der Waals surface area contributed by atoms with E-state index in [0.717, 1.165) is 52.9 Å². The summed E-state index contributed by atoms with van der Waals surface area (Å²) in [6, 6.07) is 10.8. The molecule has 1 fully saturated rings. The van der Waals surface area contributed by atoms with Crippen molar-refractivity contribution >= 4 is 28.6 Å². The molecule has 1 saturated heterocycles. The molecule has 1 atom stereocenters. The van der Waals surface area contributed by atoms with Gasteiger partial charge in [0.25, 0.3) is 0 Å². The summed E-state index contributed by atoms with van der Waals surface area (Å²) in [5, 5.41) is 0. The second kappa shape index (κ2) is 11.3. The Morgan fingerprint density at radius 1 is 1.11 bits per heavy atom. The lowest BCUT2D eigenvalue weighted by molar-refractivity contribution is 0.0915. The topological polar surface area (TPSA) is 104 Å². The van der Waals surface area contributed by atoms with Gasteiger partial charge in [0.15, 0.2) is 11.6 Å². The first-order valence-corrected chi connectivity index (χ1v) is 13.2. The molecule has 9 nitrogen and oxygen atoms in total. The molecule has 0 bridgehead atoms. The first kappa shape index (κ1) is 26.0. The van der Waals surface area contributed by atoms with Crippen LogP contribution in [0, 0.1) is 13.8 Å². The smallest absolute Gasteiger partial charge is 0.318 e. The standard InChI is InChI=1S/C26H33N5O4S/c1-5-20-16-25(28-26(27-20)35-4)31(36(33)34)22-11-9-21(10-12-22)30-18(2)15-23(19(30)3)24(32)17-29-13-7-6-8-14-29/h9-12,15-16H,5-8,13-14,17H2,1-4H3,(H,33,34)/p-1. The van der Waals surface area contributed by atoms with Gasteiger partial charge in [-0.05, 0) is 76.5 Å². The lowest BCUT2D eigenvalue weighted by Gasteiger charge is -2.26. The molecule has 0 aliphatic carbocycles. The molecule has 4 rings (SSSR count). The number of hydrogen-bond donors (Lipinski definition) is 0. The second-order valence-corrected chi connectivity index (χ2v) is 9.77. The fourth-order valence-electron chi connectivity index (χ4n) is 4.72. The molecule has 0 amide bonds. The summed E-state index contributed by atoms with van der Waals surface area (Å²) >= 11 is -2.61.